The summed E-state index contributed by atoms with van der Waals surface area (Å²) in [6.07, 6.45) is 5.54. The Morgan fingerprint density at radius 2 is 1.51 bits per heavy atom. The van der Waals surface area contributed by atoms with Gasteiger partial charge < -0.3 is 15.0 Å². The average Bonchev–Trinajstić information content (AvgIpc) is 3.46. The summed E-state index contributed by atoms with van der Waals surface area (Å²) in [6.45, 7) is 0.811. The van der Waals surface area contributed by atoms with Crippen molar-refractivity contribution in [2.75, 3.05) is 0 Å². The molecule has 43 heavy (non-hydrogen) atoms. The molecule has 0 saturated carbocycles. The topological polar surface area (TPSA) is 108 Å². The molecule has 0 fully saturated rings. The molecule has 6 rings (SSSR count). The number of rotatable bonds is 8. The number of carbonyl (C=O) groups is 2. The highest BCUT2D eigenvalue weighted by atomic mass is 16.4. The predicted octanol–water partition coefficient (Wildman–Crippen LogP) is 6.92. The van der Waals surface area contributed by atoms with Crippen LogP contribution in [0.15, 0.2) is 122 Å². The number of hydrogen-bond acceptors (Lipinski definition) is 4. The standard InChI is InChI=1S/C36H26N4O3/c37-21-26-2-1-3-30(18-26)32-19-31-14-17-40(23-25-6-8-27(9-7-25)28-12-15-38-16-13-28)34(31)33(20-32)35(41)39-22-24-4-10-29(11-5-24)36(42)43/h1-20H,22-23H2,(H,39,41)(H,42,43). The SMILES string of the molecule is N#Cc1cccc(-c2cc(C(=O)NCc3ccc(C(=O)O)cc3)c3c(ccn3Cc3ccc(-c4ccncc4)cc3)c2)c1. The van der Waals surface area contributed by atoms with Crippen molar-refractivity contribution in [1.82, 2.24) is 14.9 Å². The number of aromatic carboxylic acids is 1. The van der Waals surface area contributed by atoms with Gasteiger partial charge in [0.05, 0.1) is 28.3 Å². The van der Waals surface area contributed by atoms with Crippen LogP contribution >= 0.6 is 0 Å². The zero-order valence-electron chi connectivity index (χ0n) is 23.1. The van der Waals surface area contributed by atoms with Gasteiger partial charge in [-0.25, -0.2) is 4.79 Å². The van der Waals surface area contributed by atoms with Crippen molar-refractivity contribution in [3.05, 3.63) is 150 Å². The van der Waals surface area contributed by atoms with Gasteiger partial charge in [-0.15, -0.1) is 0 Å². The predicted molar refractivity (Wildman–Crippen MR) is 165 cm³/mol. The lowest BCUT2D eigenvalue weighted by atomic mass is 9.98. The summed E-state index contributed by atoms with van der Waals surface area (Å²) in [5, 5.41) is 22.5. The van der Waals surface area contributed by atoms with Gasteiger partial charge in [-0.3, -0.25) is 9.78 Å². The van der Waals surface area contributed by atoms with E-state index in [-0.39, 0.29) is 18.0 Å². The summed E-state index contributed by atoms with van der Waals surface area (Å²) in [7, 11) is 0. The van der Waals surface area contributed by atoms with Crippen molar-refractivity contribution in [1.29, 1.82) is 5.26 Å². The number of amides is 1. The lowest BCUT2D eigenvalue weighted by Gasteiger charge is -2.14. The molecule has 2 aromatic heterocycles. The zero-order chi connectivity index (χ0) is 29.8. The molecule has 0 spiro atoms. The quantitative estimate of drug-likeness (QED) is 0.209. The van der Waals surface area contributed by atoms with E-state index in [1.54, 1.807) is 30.6 Å². The third-order valence-corrected chi connectivity index (χ3v) is 7.40. The van der Waals surface area contributed by atoms with Gasteiger partial charge in [0.1, 0.15) is 0 Å². The van der Waals surface area contributed by atoms with Crippen molar-refractivity contribution >= 4 is 22.8 Å². The highest BCUT2D eigenvalue weighted by molar-refractivity contribution is 6.08. The molecule has 0 atom stereocenters. The number of carboxylic acids is 1. The highest BCUT2D eigenvalue weighted by Gasteiger charge is 2.17. The lowest BCUT2D eigenvalue weighted by Crippen LogP contribution is -2.23. The smallest absolute Gasteiger partial charge is 0.335 e. The number of nitrogens with one attached hydrogen (secondary N) is 1. The summed E-state index contributed by atoms with van der Waals surface area (Å²) in [5.41, 5.74) is 7.80. The van der Waals surface area contributed by atoms with E-state index in [2.05, 4.69) is 45.2 Å². The van der Waals surface area contributed by atoms with Gasteiger partial charge in [-0.05, 0) is 88.0 Å². The molecular weight excluding hydrogens is 536 g/mol. The van der Waals surface area contributed by atoms with E-state index in [1.165, 1.54) is 12.1 Å². The molecule has 208 valence electrons. The van der Waals surface area contributed by atoms with Crippen LogP contribution in [0.5, 0.6) is 0 Å². The molecule has 0 aliphatic heterocycles. The lowest BCUT2D eigenvalue weighted by molar-refractivity contribution is 0.0696. The third kappa shape index (κ3) is 5.90. The van der Waals surface area contributed by atoms with E-state index in [0.29, 0.717) is 17.7 Å². The molecule has 0 bridgehead atoms. The van der Waals surface area contributed by atoms with Crippen LogP contribution in [0.25, 0.3) is 33.2 Å². The molecule has 4 aromatic carbocycles. The minimum absolute atomic E-state index is 0.190. The van der Waals surface area contributed by atoms with Crippen LogP contribution in [0, 0.1) is 11.3 Å². The van der Waals surface area contributed by atoms with Crippen LogP contribution < -0.4 is 5.32 Å². The summed E-state index contributed by atoms with van der Waals surface area (Å²) in [4.78, 5) is 29.0. The van der Waals surface area contributed by atoms with Crippen molar-refractivity contribution < 1.29 is 14.7 Å². The van der Waals surface area contributed by atoms with Crippen molar-refractivity contribution in [2.45, 2.75) is 13.1 Å². The Morgan fingerprint density at radius 1 is 0.791 bits per heavy atom. The molecule has 0 unspecified atom stereocenters. The van der Waals surface area contributed by atoms with Crippen LogP contribution in [-0.4, -0.2) is 26.5 Å². The maximum atomic E-state index is 13.7. The molecule has 7 nitrogen and oxygen atoms in total. The fourth-order valence-electron chi connectivity index (χ4n) is 5.18. The van der Waals surface area contributed by atoms with E-state index in [9.17, 15) is 20.0 Å². The Morgan fingerprint density at radius 3 is 2.23 bits per heavy atom. The number of nitrogens with zero attached hydrogens (tertiary/aromatic N) is 3. The van der Waals surface area contributed by atoms with E-state index in [4.69, 9.17) is 0 Å². The Labute approximate surface area is 248 Å². The first-order valence-electron chi connectivity index (χ1n) is 13.7. The second kappa shape index (κ2) is 11.9. The molecule has 0 aliphatic rings. The molecule has 0 saturated heterocycles. The molecule has 2 N–H and O–H groups in total. The third-order valence-electron chi connectivity index (χ3n) is 7.40. The summed E-state index contributed by atoms with van der Waals surface area (Å²) < 4.78 is 2.07. The van der Waals surface area contributed by atoms with Gasteiger partial charge >= 0.3 is 5.97 Å². The number of fused-ring (bicyclic) bond motifs is 1. The van der Waals surface area contributed by atoms with Crippen LogP contribution in [-0.2, 0) is 13.1 Å². The number of hydrogen-bond donors (Lipinski definition) is 2. The van der Waals surface area contributed by atoms with E-state index in [0.717, 1.165) is 44.3 Å². The molecule has 7 heteroatoms. The minimum Gasteiger partial charge on any atom is -0.478 e. The van der Waals surface area contributed by atoms with Gasteiger partial charge in [0, 0.05) is 37.1 Å². The first-order chi connectivity index (χ1) is 21.0. The highest BCUT2D eigenvalue weighted by Crippen LogP contribution is 2.30. The fourth-order valence-corrected chi connectivity index (χ4v) is 5.18. The Kier molecular flexibility index (Phi) is 7.49. The number of nitriles is 1. The number of pyridine rings is 1. The Hall–Kier alpha value is -6.00. The number of carboxylic acid groups (broad SMARTS) is 1. The monoisotopic (exact) mass is 562 g/mol. The van der Waals surface area contributed by atoms with Gasteiger partial charge in [0.15, 0.2) is 0 Å². The molecule has 0 radical (unpaired) electrons. The van der Waals surface area contributed by atoms with E-state index in [1.807, 2.05) is 54.7 Å². The molecular formula is C36H26N4O3. The summed E-state index contributed by atoms with van der Waals surface area (Å²) >= 11 is 0. The van der Waals surface area contributed by atoms with Gasteiger partial charge in [-0.1, -0.05) is 48.5 Å². The van der Waals surface area contributed by atoms with E-state index < -0.39 is 5.97 Å². The van der Waals surface area contributed by atoms with Crippen LogP contribution in [0.2, 0.25) is 0 Å². The summed E-state index contributed by atoms with van der Waals surface area (Å²) in [6, 6.07) is 34.1. The molecule has 0 aliphatic carbocycles. The second-order valence-corrected chi connectivity index (χ2v) is 10.2. The van der Waals surface area contributed by atoms with Gasteiger partial charge in [0.25, 0.3) is 5.91 Å². The van der Waals surface area contributed by atoms with Gasteiger partial charge in [-0.2, -0.15) is 5.26 Å². The van der Waals surface area contributed by atoms with E-state index >= 15 is 0 Å². The van der Waals surface area contributed by atoms with Gasteiger partial charge in [0.2, 0.25) is 0 Å². The maximum absolute atomic E-state index is 13.7. The minimum atomic E-state index is -0.997. The number of benzene rings is 4. The maximum Gasteiger partial charge on any atom is 0.335 e. The van der Waals surface area contributed by atoms with Crippen molar-refractivity contribution in [3.63, 3.8) is 0 Å². The zero-order valence-corrected chi connectivity index (χ0v) is 23.1. The van der Waals surface area contributed by atoms with Crippen molar-refractivity contribution in [3.8, 4) is 28.3 Å². The second-order valence-electron chi connectivity index (χ2n) is 10.2. The van der Waals surface area contributed by atoms with Crippen LogP contribution in [0.1, 0.15) is 37.4 Å². The Balaban J connectivity index is 1.34. The molecule has 1 amide bonds. The molecule has 6 aromatic rings. The normalized spacial score (nSPS) is 10.8. The average molecular weight is 563 g/mol. The number of aromatic nitrogens is 2. The van der Waals surface area contributed by atoms with Crippen LogP contribution in [0.4, 0.5) is 0 Å². The fraction of sp³-hybridized carbons (Fsp3) is 0.0556. The molecule has 2 heterocycles. The first kappa shape index (κ1) is 27.2. The van der Waals surface area contributed by atoms with Crippen molar-refractivity contribution in [2.24, 2.45) is 0 Å². The summed E-state index contributed by atoms with van der Waals surface area (Å²) in [5.74, 6) is -1.25. The number of carbonyl (C=O) groups excluding carboxylic acids is 1. The van der Waals surface area contributed by atoms with Crippen LogP contribution in [0.3, 0.4) is 0 Å². The first-order valence-corrected chi connectivity index (χ1v) is 13.7. The largest absolute Gasteiger partial charge is 0.478 e. The Bertz CT molecular complexity index is 1990.